The second kappa shape index (κ2) is 9.41. The van der Waals surface area contributed by atoms with Gasteiger partial charge in [0.2, 0.25) is 0 Å². The molecule has 8 heteroatoms. The van der Waals surface area contributed by atoms with Crippen molar-refractivity contribution in [2.45, 2.75) is 6.04 Å². The maximum absolute atomic E-state index is 12.7. The molecule has 2 N–H and O–H groups in total. The average molecular weight is 441 g/mol. The zero-order valence-corrected chi connectivity index (χ0v) is 18.1. The van der Waals surface area contributed by atoms with Gasteiger partial charge in [-0.1, -0.05) is 48.0 Å². The first-order valence-electron chi connectivity index (χ1n) is 10.2. The third-order valence-electron chi connectivity index (χ3n) is 5.62. The molecule has 7 nitrogen and oxygen atoms in total. The fourth-order valence-electron chi connectivity index (χ4n) is 4.05. The molecular weight excluding hydrogens is 416 g/mol. The normalized spacial score (nSPS) is 19.6. The van der Waals surface area contributed by atoms with E-state index in [1.807, 2.05) is 48.5 Å². The van der Waals surface area contributed by atoms with Gasteiger partial charge in [-0.3, -0.25) is 4.90 Å². The molecule has 2 heterocycles. The summed E-state index contributed by atoms with van der Waals surface area (Å²) < 4.78 is 5.05. The molecular formula is C23H25ClN4O3. The Bertz CT molecular complexity index is 987. The highest BCUT2D eigenvalue weighted by Crippen LogP contribution is 2.28. The number of nitrogens with zero attached hydrogens (tertiary/aromatic N) is 2. The molecule has 4 rings (SSSR count). The first-order chi connectivity index (χ1) is 15.0. The van der Waals surface area contributed by atoms with Gasteiger partial charge in [0, 0.05) is 49.1 Å². The van der Waals surface area contributed by atoms with Crippen LogP contribution in [0.1, 0.15) is 11.6 Å². The summed E-state index contributed by atoms with van der Waals surface area (Å²) in [5.74, 6) is -0.450. The van der Waals surface area contributed by atoms with Crippen LogP contribution in [0.15, 0.2) is 65.9 Å². The average Bonchev–Trinajstić information content (AvgIpc) is 2.79. The lowest BCUT2D eigenvalue weighted by Crippen LogP contribution is -2.51. The number of ether oxygens (including phenoxy) is 1. The lowest BCUT2D eigenvalue weighted by molar-refractivity contribution is -0.136. The van der Waals surface area contributed by atoms with E-state index in [0.717, 1.165) is 42.5 Å². The number of methoxy groups -OCH3 is 1. The number of urea groups is 1. The van der Waals surface area contributed by atoms with Crippen LogP contribution in [0.2, 0.25) is 5.02 Å². The molecule has 0 aromatic heterocycles. The van der Waals surface area contributed by atoms with E-state index in [0.29, 0.717) is 17.8 Å². The summed E-state index contributed by atoms with van der Waals surface area (Å²) in [6, 6.07) is 16.4. The van der Waals surface area contributed by atoms with Crippen molar-refractivity contribution in [2.75, 3.05) is 44.7 Å². The van der Waals surface area contributed by atoms with Gasteiger partial charge in [0.05, 0.1) is 18.7 Å². The minimum Gasteiger partial charge on any atom is -0.466 e. The molecule has 2 aromatic carbocycles. The molecule has 0 aliphatic carbocycles. The topological polar surface area (TPSA) is 73.9 Å². The van der Waals surface area contributed by atoms with E-state index in [4.69, 9.17) is 16.3 Å². The van der Waals surface area contributed by atoms with Gasteiger partial charge < -0.3 is 20.3 Å². The van der Waals surface area contributed by atoms with Crippen molar-refractivity contribution in [2.24, 2.45) is 0 Å². The lowest BCUT2D eigenvalue weighted by Gasteiger charge is -2.38. The first-order valence-corrected chi connectivity index (χ1v) is 10.6. The van der Waals surface area contributed by atoms with E-state index in [2.05, 4.69) is 26.5 Å². The van der Waals surface area contributed by atoms with Crippen LogP contribution in [0.4, 0.5) is 10.5 Å². The number of nitrogens with one attached hydrogen (secondary N) is 2. The number of hydrogen-bond donors (Lipinski definition) is 2. The molecule has 162 valence electrons. The minimum absolute atomic E-state index is 0.325. The van der Waals surface area contributed by atoms with Crippen LogP contribution in [-0.2, 0) is 9.53 Å². The van der Waals surface area contributed by atoms with Crippen molar-refractivity contribution in [3.63, 3.8) is 0 Å². The Hall–Kier alpha value is -3.03. The van der Waals surface area contributed by atoms with Gasteiger partial charge in [0.25, 0.3) is 0 Å². The highest BCUT2D eigenvalue weighted by Gasteiger charge is 2.34. The summed E-state index contributed by atoms with van der Waals surface area (Å²) in [5, 5.41) is 6.41. The Labute approximate surface area is 186 Å². The van der Waals surface area contributed by atoms with Gasteiger partial charge in [-0.05, 0) is 23.8 Å². The summed E-state index contributed by atoms with van der Waals surface area (Å²) in [6.45, 7) is 3.71. The second-order valence-electron chi connectivity index (χ2n) is 7.57. The third-order valence-corrected chi connectivity index (χ3v) is 5.85. The van der Waals surface area contributed by atoms with Crippen LogP contribution in [-0.4, -0.2) is 56.7 Å². The third kappa shape index (κ3) is 4.84. The van der Waals surface area contributed by atoms with Crippen LogP contribution in [0, 0.1) is 0 Å². The SMILES string of the molecule is COC(=O)C1=C(CN2CCN(c3cccc(Cl)c3)CC2)NC(=O)N[C@H]1c1ccccc1. The van der Waals surface area contributed by atoms with Crippen molar-refractivity contribution in [1.82, 2.24) is 15.5 Å². The smallest absolute Gasteiger partial charge is 0.338 e. The molecule has 2 aromatic rings. The number of piperazine rings is 1. The van der Waals surface area contributed by atoms with Crippen LogP contribution < -0.4 is 15.5 Å². The number of carbonyl (C=O) groups is 2. The Morgan fingerprint density at radius 3 is 2.52 bits per heavy atom. The summed E-state index contributed by atoms with van der Waals surface area (Å²) in [4.78, 5) is 29.6. The van der Waals surface area contributed by atoms with Crippen LogP contribution in [0.25, 0.3) is 0 Å². The molecule has 0 spiro atoms. The maximum Gasteiger partial charge on any atom is 0.338 e. The van der Waals surface area contributed by atoms with Crippen LogP contribution in [0.3, 0.4) is 0 Å². The quantitative estimate of drug-likeness (QED) is 0.699. The van der Waals surface area contributed by atoms with Crippen molar-refractivity contribution < 1.29 is 14.3 Å². The summed E-state index contributed by atoms with van der Waals surface area (Å²) in [6.07, 6.45) is 0. The highest BCUT2D eigenvalue weighted by atomic mass is 35.5. The number of amides is 2. The van der Waals surface area contributed by atoms with E-state index >= 15 is 0 Å². The van der Waals surface area contributed by atoms with Gasteiger partial charge in [0.1, 0.15) is 0 Å². The zero-order valence-electron chi connectivity index (χ0n) is 17.3. The summed E-state index contributed by atoms with van der Waals surface area (Å²) >= 11 is 6.13. The van der Waals surface area contributed by atoms with Crippen molar-refractivity contribution in [3.05, 3.63) is 76.5 Å². The predicted molar refractivity (Wildman–Crippen MR) is 120 cm³/mol. The summed E-state index contributed by atoms with van der Waals surface area (Å²) in [7, 11) is 1.36. The van der Waals surface area contributed by atoms with E-state index in [1.54, 1.807) is 0 Å². The van der Waals surface area contributed by atoms with E-state index in [-0.39, 0.29) is 6.03 Å². The highest BCUT2D eigenvalue weighted by molar-refractivity contribution is 6.30. The summed E-state index contributed by atoms with van der Waals surface area (Å²) in [5.41, 5.74) is 2.95. The van der Waals surface area contributed by atoms with Gasteiger partial charge >= 0.3 is 12.0 Å². The molecule has 1 atom stereocenters. The van der Waals surface area contributed by atoms with Crippen molar-refractivity contribution in [1.29, 1.82) is 0 Å². The van der Waals surface area contributed by atoms with E-state index in [9.17, 15) is 9.59 Å². The van der Waals surface area contributed by atoms with Crippen molar-refractivity contribution in [3.8, 4) is 0 Å². The maximum atomic E-state index is 12.7. The molecule has 2 amide bonds. The molecule has 2 aliphatic heterocycles. The van der Waals surface area contributed by atoms with Crippen LogP contribution in [0.5, 0.6) is 0 Å². The first kappa shape index (κ1) is 21.2. The van der Waals surface area contributed by atoms with Gasteiger partial charge in [-0.25, -0.2) is 9.59 Å². The fraction of sp³-hybridized carbons (Fsp3) is 0.304. The number of rotatable bonds is 5. The van der Waals surface area contributed by atoms with E-state index < -0.39 is 12.0 Å². The predicted octanol–water partition coefficient (Wildman–Crippen LogP) is 2.94. The molecule has 31 heavy (non-hydrogen) atoms. The number of halogens is 1. The Morgan fingerprint density at radius 1 is 1.10 bits per heavy atom. The second-order valence-corrected chi connectivity index (χ2v) is 8.01. The fourth-order valence-corrected chi connectivity index (χ4v) is 4.23. The molecule has 0 saturated carbocycles. The van der Waals surface area contributed by atoms with Gasteiger partial charge in [-0.2, -0.15) is 0 Å². The largest absolute Gasteiger partial charge is 0.466 e. The van der Waals surface area contributed by atoms with Gasteiger partial charge in [0.15, 0.2) is 0 Å². The van der Waals surface area contributed by atoms with E-state index in [1.165, 1.54) is 7.11 Å². The minimum atomic E-state index is -0.551. The molecule has 1 fully saturated rings. The van der Waals surface area contributed by atoms with Crippen molar-refractivity contribution >= 4 is 29.3 Å². The molecule has 1 saturated heterocycles. The molecule has 0 unspecified atom stereocenters. The number of carbonyl (C=O) groups excluding carboxylic acids is 2. The van der Waals surface area contributed by atoms with Crippen LogP contribution >= 0.6 is 11.6 Å². The standard InChI is InChI=1S/C23H25ClN4O3/c1-31-22(29)20-19(25-23(30)26-21(20)16-6-3-2-4-7-16)15-27-10-12-28(13-11-27)18-9-5-8-17(24)14-18/h2-9,14,21H,10-13,15H2,1H3,(H2,25,26,30)/t21-/m0/s1. The number of anilines is 1. The molecule has 2 aliphatic rings. The number of esters is 1. The Kier molecular flexibility index (Phi) is 6.44. The lowest BCUT2D eigenvalue weighted by atomic mass is 9.95. The number of hydrogen-bond acceptors (Lipinski definition) is 5. The monoisotopic (exact) mass is 440 g/mol. The zero-order chi connectivity index (χ0) is 21.8. The molecule has 0 bridgehead atoms. The Balaban J connectivity index is 1.53. The number of benzene rings is 2. The molecule has 0 radical (unpaired) electrons. The Morgan fingerprint density at radius 2 is 1.84 bits per heavy atom. The van der Waals surface area contributed by atoms with Gasteiger partial charge in [-0.15, -0.1) is 0 Å².